The van der Waals surface area contributed by atoms with Gasteiger partial charge in [-0.15, -0.1) is 11.3 Å². The van der Waals surface area contributed by atoms with Gasteiger partial charge in [0.05, 0.1) is 23.4 Å². The molecule has 3 heterocycles. The van der Waals surface area contributed by atoms with Gasteiger partial charge in [-0.1, -0.05) is 18.2 Å². The van der Waals surface area contributed by atoms with Gasteiger partial charge in [0.25, 0.3) is 0 Å². The number of halogens is 3. The molecular weight excluding hydrogens is 375 g/mol. The Kier molecular flexibility index (Phi) is 4.15. The first-order valence-electron chi connectivity index (χ1n) is 8.04. The zero-order valence-electron chi connectivity index (χ0n) is 14.4. The number of fused-ring (bicyclic) bond motifs is 1. The average Bonchev–Trinajstić information content (AvgIpc) is 3.27. The first kappa shape index (κ1) is 17.5. The highest BCUT2D eigenvalue weighted by atomic mass is 32.1. The van der Waals surface area contributed by atoms with Crippen LogP contribution in [-0.4, -0.2) is 21.7 Å². The third kappa shape index (κ3) is 3.06. The Hall–Kier alpha value is -2.87. The number of hydrogen-bond donors (Lipinski definition) is 0. The molecule has 0 aliphatic rings. The van der Waals surface area contributed by atoms with Crippen LogP contribution < -0.4 is 4.74 Å². The van der Waals surface area contributed by atoms with Gasteiger partial charge >= 0.3 is 6.18 Å². The molecule has 4 nitrogen and oxygen atoms in total. The van der Waals surface area contributed by atoms with Crippen LogP contribution in [0.2, 0.25) is 0 Å². The molecule has 0 unspecified atom stereocenters. The zero-order chi connectivity index (χ0) is 19.2. The zero-order valence-corrected chi connectivity index (χ0v) is 15.2. The molecular formula is C19H14F3N3OS. The second-order valence-electron chi connectivity index (χ2n) is 5.93. The van der Waals surface area contributed by atoms with Crippen LogP contribution in [0.15, 0.2) is 47.8 Å². The summed E-state index contributed by atoms with van der Waals surface area (Å²) in [4.78, 5) is 4.60. The Balaban J connectivity index is 2.03. The van der Waals surface area contributed by atoms with Crippen LogP contribution in [-0.2, 0) is 6.18 Å². The van der Waals surface area contributed by atoms with E-state index in [1.54, 1.807) is 50.4 Å². The van der Waals surface area contributed by atoms with Gasteiger partial charge in [-0.3, -0.25) is 0 Å². The Labute approximate surface area is 156 Å². The predicted octanol–water partition coefficient (Wildman–Crippen LogP) is 5.46. The minimum Gasteiger partial charge on any atom is -0.497 e. The topological polar surface area (TPSA) is 39.4 Å². The van der Waals surface area contributed by atoms with Gasteiger partial charge in [0, 0.05) is 5.56 Å². The third-order valence-corrected chi connectivity index (χ3v) is 5.10. The van der Waals surface area contributed by atoms with Gasteiger partial charge in [0.2, 0.25) is 0 Å². The number of thiophene rings is 1. The maximum Gasteiger partial charge on any atom is 0.433 e. The second-order valence-corrected chi connectivity index (χ2v) is 6.87. The van der Waals surface area contributed by atoms with Crippen molar-refractivity contribution in [1.29, 1.82) is 0 Å². The number of benzene rings is 1. The highest BCUT2D eigenvalue weighted by Gasteiger charge is 2.34. The summed E-state index contributed by atoms with van der Waals surface area (Å²) in [5.74, 6) is 0.663. The van der Waals surface area contributed by atoms with Crippen LogP contribution in [0.4, 0.5) is 13.2 Å². The molecule has 0 radical (unpaired) electrons. The van der Waals surface area contributed by atoms with Crippen LogP contribution in [0.5, 0.6) is 5.75 Å². The third-order valence-electron chi connectivity index (χ3n) is 4.21. The molecule has 0 spiro atoms. The maximum atomic E-state index is 13.5. The highest BCUT2D eigenvalue weighted by molar-refractivity contribution is 7.13. The molecule has 1 aromatic carbocycles. The van der Waals surface area contributed by atoms with E-state index in [0.717, 1.165) is 11.6 Å². The van der Waals surface area contributed by atoms with E-state index in [0.29, 0.717) is 27.6 Å². The summed E-state index contributed by atoms with van der Waals surface area (Å²) in [6.45, 7) is 1.76. The number of rotatable bonds is 3. The molecule has 0 aliphatic carbocycles. The van der Waals surface area contributed by atoms with Gasteiger partial charge in [0.15, 0.2) is 5.65 Å². The quantitative estimate of drug-likeness (QED) is 0.467. The highest BCUT2D eigenvalue weighted by Crippen LogP contribution is 2.36. The normalized spacial score (nSPS) is 11.9. The summed E-state index contributed by atoms with van der Waals surface area (Å²) in [6.07, 6.45) is -4.55. The van der Waals surface area contributed by atoms with Crippen molar-refractivity contribution in [1.82, 2.24) is 14.6 Å². The van der Waals surface area contributed by atoms with Crippen molar-refractivity contribution in [2.24, 2.45) is 0 Å². The summed E-state index contributed by atoms with van der Waals surface area (Å²) >= 11 is 1.35. The number of aryl methyl sites for hydroxylation is 1. The predicted molar refractivity (Wildman–Crippen MR) is 98.0 cm³/mol. The molecule has 4 rings (SSSR count). The number of ether oxygens (including phenoxy) is 1. The Morgan fingerprint density at radius 3 is 2.44 bits per heavy atom. The lowest BCUT2D eigenvalue weighted by Gasteiger charge is -2.10. The van der Waals surface area contributed by atoms with E-state index in [2.05, 4.69) is 10.1 Å². The van der Waals surface area contributed by atoms with Crippen molar-refractivity contribution in [2.75, 3.05) is 7.11 Å². The molecule has 0 N–H and O–H groups in total. The largest absolute Gasteiger partial charge is 0.497 e. The van der Waals surface area contributed by atoms with E-state index in [1.165, 1.54) is 15.9 Å². The molecule has 138 valence electrons. The summed E-state index contributed by atoms with van der Waals surface area (Å²) in [7, 11) is 1.56. The van der Waals surface area contributed by atoms with E-state index >= 15 is 0 Å². The summed E-state index contributed by atoms with van der Waals surface area (Å²) in [5.41, 5.74) is 1.51. The molecule has 0 aliphatic heterocycles. The first-order chi connectivity index (χ1) is 12.9. The van der Waals surface area contributed by atoms with Crippen LogP contribution in [0.3, 0.4) is 0 Å². The molecule has 27 heavy (non-hydrogen) atoms. The number of nitrogens with zero attached hydrogens (tertiary/aromatic N) is 3. The fraction of sp³-hybridized carbons (Fsp3) is 0.158. The number of alkyl halides is 3. The Morgan fingerprint density at radius 1 is 1.11 bits per heavy atom. The van der Waals surface area contributed by atoms with Crippen molar-refractivity contribution < 1.29 is 17.9 Å². The van der Waals surface area contributed by atoms with E-state index in [-0.39, 0.29) is 5.65 Å². The molecule has 0 amide bonds. The average molecular weight is 389 g/mol. The minimum atomic E-state index is -4.55. The Bertz CT molecular complexity index is 1100. The lowest BCUT2D eigenvalue weighted by atomic mass is 10.1. The van der Waals surface area contributed by atoms with Gasteiger partial charge in [-0.2, -0.15) is 18.3 Å². The monoisotopic (exact) mass is 389 g/mol. The van der Waals surface area contributed by atoms with Crippen molar-refractivity contribution >= 4 is 17.0 Å². The van der Waals surface area contributed by atoms with Crippen LogP contribution >= 0.6 is 11.3 Å². The number of aromatic nitrogens is 3. The van der Waals surface area contributed by atoms with Gasteiger partial charge < -0.3 is 4.74 Å². The molecule has 0 fully saturated rings. The second kappa shape index (κ2) is 6.38. The summed E-state index contributed by atoms with van der Waals surface area (Å²) in [5, 5.41) is 6.29. The first-order valence-corrected chi connectivity index (χ1v) is 8.92. The molecule has 4 aromatic rings. The Morgan fingerprint density at radius 2 is 1.85 bits per heavy atom. The standard InChI is InChI=1S/C19H14F3N3OS/c1-11-17(12-5-7-13(26-2)8-6-12)18-23-16(19(20,21)22)10-14(25(18)24-11)15-4-3-9-27-15/h3-10H,1-2H3. The van der Waals surface area contributed by atoms with E-state index in [9.17, 15) is 13.2 Å². The fourth-order valence-corrected chi connectivity index (χ4v) is 3.69. The van der Waals surface area contributed by atoms with E-state index in [1.807, 2.05) is 5.38 Å². The summed E-state index contributed by atoms with van der Waals surface area (Å²) < 4.78 is 47.0. The van der Waals surface area contributed by atoms with Crippen molar-refractivity contribution in [3.05, 3.63) is 59.2 Å². The molecule has 0 saturated carbocycles. The lowest BCUT2D eigenvalue weighted by molar-refractivity contribution is -0.141. The smallest absolute Gasteiger partial charge is 0.433 e. The lowest BCUT2D eigenvalue weighted by Crippen LogP contribution is -2.10. The van der Waals surface area contributed by atoms with E-state index < -0.39 is 11.9 Å². The van der Waals surface area contributed by atoms with Crippen molar-refractivity contribution in [2.45, 2.75) is 13.1 Å². The number of methoxy groups -OCH3 is 1. The molecule has 0 atom stereocenters. The van der Waals surface area contributed by atoms with Crippen LogP contribution in [0.25, 0.3) is 27.3 Å². The summed E-state index contributed by atoms with van der Waals surface area (Å²) in [6, 6.07) is 11.7. The molecule has 0 bridgehead atoms. The molecule has 8 heteroatoms. The van der Waals surface area contributed by atoms with E-state index in [4.69, 9.17) is 4.74 Å². The van der Waals surface area contributed by atoms with Gasteiger partial charge in [-0.25, -0.2) is 9.50 Å². The number of hydrogen-bond acceptors (Lipinski definition) is 4. The van der Waals surface area contributed by atoms with Crippen LogP contribution in [0, 0.1) is 6.92 Å². The van der Waals surface area contributed by atoms with Crippen molar-refractivity contribution in [3.8, 4) is 27.4 Å². The van der Waals surface area contributed by atoms with Gasteiger partial charge in [0.1, 0.15) is 11.4 Å². The molecule has 0 saturated heterocycles. The molecule has 3 aromatic heterocycles. The maximum absolute atomic E-state index is 13.5. The fourth-order valence-electron chi connectivity index (χ4n) is 2.96. The minimum absolute atomic E-state index is 0.177. The van der Waals surface area contributed by atoms with Crippen LogP contribution in [0.1, 0.15) is 11.4 Å². The van der Waals surface area contributed by atoms with Crippen molar-refractivity contribution in [3.63, 3.8) is 0 Å². The van der Waals surface area contributed by atoms with Gasteiger partial charge in [-0.05, 0) is 42.1 Å². The SMILES string of the molecule is COc1ccc(-c2c(C)nn3c(-c4cccs4)cc(C(F)(F)F)nc23)cc1.